The van der Waals surface area contributed by atoms with Gasteiger partial charge in [0.15, 0.2) is 0 Å². The monoisotopic (exact) mass is 455 g/mol. The summed E-state index contributed by atoms with van der Waals surface area (Å²) < 4.78 is 0. The molecule has 2 aromatic carbocycles. The number of amides is 2. The Bertz CT molecular complexity index is 1090. The van der Waals surface area contributed by atoms with Crippen LogP contribution in [-0.4, -0.2) is 63.8 Å². The van der Waals surface area contributed by atoms with Crippen molar-refractivity contribution in [1.29, 1.82) is 0 Å². The number of nitrogens with zero attached hydrogens (tertiary/aromatic N) is 3. The van der Waals surface area contributed by atoms with Crippen molar-refractivity contribution < 1.29 is 24.4 Å². The minimum absolute atomic E-state index is 0.0207. The van der Waals surface area contributed by atoms with Crippen LogP contribution in [0.25, 0.3) is 6.08 Å². The number of nitro groups is 1. The first-order chi connectivity index (χ1) is 15.2. The maximum absolute atomic E-state index is 12.4. The van der Waals surface area contributed by atoms with E-state index < -0.39 is 10.9 Å². The van der Waals surface area contributed by atoms with Crippen molar-refractivity contribution >= 4 is 41.3 Å². The molecule has 0 atom stereocenters. The molecule has 0 radical (unpaired) electrons. The average molecular weight is 455 g/mol. The fraction of sp³-hybridized carbons (Fsp3) is 0.227. The topological polar surface area (TPSA) is 121 Å². The summed E-state index contributed by atoms with van der Waals surface area (Å²) in [5.74, 6) is -1.32. The molecule has 0 aliphatic carbocycles. The van der Waals surface area contributed by atoms with Crippen LogP contribution in [0.1, 0.15) is 22.8 Å². The average Bonchev–Trinajstić information content (AvgIpc) is 2.78. The van der Waals surface area contributed by atoms with Crippen LogP contribution in [0.2, 0.25) is 0 Å². The van der Waals surface area contributed by atoms with E-state index in [1.165, 1.54) is 37.3 Å². The van der Waals surface area contributed by atoms with Crippen LogP contribution in [0.4, 0.5) is 5.69 Å². The minimum atomic E-state index is -1.07. The van der Waals surface area contributed by atoms with Gasteiger partial charge in [-0.25, -0.2) is 4.79 Å². The zero-order valence-electron chi connectivity index (χ0n) is 17.3. The second-order valence-electron chi connectivity index (χ2n) is 7.08. The van der Waals surface area contributed by atoms with Crippen molar-refractivity contribution in [3.8, 4) is 0 Å². The Morgan fingerprint density at radius 2 is 1.75 bits per heavy atom. The summed E-state index contributed by atoms with van der Waals surface area (Å²) in [6.45, 7) is 3.33. The molecule has 1 saturated heterocycles. The smallest absolute Gasteiger partial charge is 0.335 e. The zero-order chi connectivity index (χ0) is 23.3. The van der Waals surface area contributed by atoms with Gasteiger partial charge in [0.25, 0.3) is 5.69 Å². The highest BCUT2D eigenvalue weighted by Gasteiger charge is 2.21. The molecule has 1 heterocycles. The Hall–Kier alpha value is -3.66. The largest absolute Gasteiger partial charge is 0.478 e. The van der Waals surface area contributed by atoms with Crippen LogP contribution < -0.4 is 0 Å². The highest BCUT2D eigenvalue weighted by Crippen LogP contribution is 2.36. The van der Waals surface area contributed by atoms with E-state index in [1.807, 2.05) is 0 Å². The normalized spacial score (nSPS) is 13.9. The molecular weight excluding hydrogens is 434 g/mol. The number of hydrogen-bond donors (Lipinski definition) is 1. The summed E-state index contributed by atoms with van der Waals surface area (Å²) in [7, 11) is 0. The Balaban J connectivity index is 1.72. The summed E-state index contributed by atoms with van der Waals surface area (Å²) in [5, 5.41) is 20.7. The summed E-state index contributed by atoms with van der Waals surface area (Å²) in [6, 6.07) is 10.8. The number of benzene rings is 2. The SMILES string of the molecule is CC(=O)N1CCN(C(=O)/C=C/c2ccc(Sc3cccc(C(=O)O)c3)c([N+](=O)[O-])c2)CC1. The van der Waals surface area contributed by atoms with Crippen molar-refractivity contribution in [2.24, 2.45) is 0 Å². The van der Waals surface area contributed by atoms with Gasteiger partial charge in [0.1, 0.15) is 0 Å². The lowest BCUT2D eigenvalue weighted by Crippen LogP contribution is -2.49. The third-order valence-electron chi connectivity index (χ3n) is 4.94. The molecule has 1 aliphatic heterocycles. The number of aromatic carboxylic acids is 1. The van der Waals surface area contributed by atoms with E-state index in [4.69, 9.17) is 5.11 Å². The molecule has 3 rings (SSSR count). The molecule has 2 amide bonds. The van der Waals surface area contributed by atoms with Gasteiger partial charge >= 0.3 is 5.97 Å². The number of carboxylic acid groups (broad SMARTS) is 1. The van der Waals surface area contributed by atoms with Crippen molar-refractivity contribution in [2.45, 2.75) is 16.7 Å². The second kappa shape index (κ2) is 10.1. The summed E-state index contributed by atoms with van der Waals surface area (Å²) in [5.41, 5.74) is 0.455. The standard InChI is InChI=1S/C22H21N3O6S/c1-15(26)23-9-11-24(12-10-23)21(27)8-6-16-5-7-20(19(13-16)25(30)31)32-18-4-2-3-17(14-18)22(28)29/h2-8,13-14H,9-12H2,1H3,(H,28,29)/b8-6+. The number of piperazine rings is 1. The molecule has 0 bridgehead atoms. The summed E-state index contributed by atoms with van der Waals surface area (Å²) >= 11 is 1.10. The molecule has 0 saturated carbocycles. The number of rotatable bonds is 6. The fourth-order valence-corrected chi connectivity index (χ4v) is 4.16. The molecule has 0 unspecified atom stereocenters. The third-order valence-corrected chi connectivity index (χ3v) is 6.00. The van der Waals surface area contributed by atoms with Crippen LogP contribution in [0.3, 0.4) is 0 Å². The molecule has 9 nitrogen and oxygen atoms in total. The predicted molar refractivity (Wildman–Crippen MR) is 118 cm³/mol. The molecule has 0 spiro atoms. The van der Waals surface area contributed by atoms with Crippen LogP contribution in [0.15, 0.2) is 58.3 Å². The molecule has 10 heteroatoms. The van der Waals surface area contributed by atoms with Crippen LogP contribution in [0, 0.1) is 10.1 Å². The molecule has 1 aliphatic rings. The van der Waals surface area contributed by atoms with Gasteiger partial charge in [0.05, 0.1) is 15.4 Å². The maximum Gasteiger partial charge on any atom is 0.335 e. The van der Waals surface area contributed by atoms with E-state index in [9.17, 15) is 24.5 Å². The van der Waals surface area contributed by atoms with Crippen molar-refractivity contribution in [2.75, 3.05) is 26.2 Å². The predicted octanol–water partition coefficient (Wildman–Crippen LogP) is 3.15. The molecule has 32 heavy (non-hydrogen) atoms. The Labute approximate surface area is 188 Å². The van der Waals surface area contributed by atoms with E-state index in [-0.39, 0.29) is 23.1 Å². The number of nitro benzene ring substituents is 1. The maximum atomic E-state index is 12.4. The summed E-state index contributed by atoms with van der Waals surface area (Å²) in [4.78, 5) is 50.2. The lowest BCUT2D eigenvalue weighted by atomic mass is 10.2. The van der Waals surface area contributed by atoms with Crippen molar-refractivity contribution in [1.82, 2.24) is 9.80 Å². The number of carbonyl (C=O) groups is 3. The van der Waals surface area contributed by atoms with Crippen molar-refractivity contribution in [3.63, 3.8) is 0 Å². The van der Waals surface area contributed by atoms with Gasteiger partial charge in [-0.15, -0.1) is 0 Å². The van der Waals surface area contributed by atoms with Crippen LogP contribution in [0.5, 0.6) is 0 Å². The fourth-order valence-electron chi connectivity index (χ4n) is 3.20. The third kappa shape index (κ3) is 5.73. The Kier molecular flexibility index (Phi) is 7.26. The highest BCUT2D eigenvalue weighted by atomic mass is 32.2. The number of carbonyl (C=O) groups excluding carboxylic acids is 2. The van der Waals surface area contributed by atoms with Gasteiger partial charge in [-0.3, -0.25) is 19.7 Å². The molecule has 166 valence electrons. The molecule has 0 aromatic heterocycles. The van der Waals surface area contributed by atoms with Gasteiger partial charge in [-0.2, -0.15) is 0 Å². The van der Waals surface area contributed by atoms with Gasteiger partial charge in [-0.1, -0.05) is 23.9 Å². The first kappa shape index (κ1) is 23.0. The number of hydrogen-bond acceptors (Lipinski definition) is 6. The molecule has 1 fully saturated rings. The van der Waals surface area contributed by atoms with Crippen molar-refractivity contribution in [3.05, 3.63) is 69.8 Å². The summed E-state index contributed by atoms with van der Waals surface area (Å²) in [6.07, 6.45) is 2.89. The highest BCUT2D eigenvalue weighted by molar-refractivity contribution is 7.99. The van der Waals surface area contributed by atoms with Gasteiger partial charge in [0, 0.05) is 50.1 Å². The van der Waals surface area contributed by atoms with E-state index in [2.05, 4.69) is 0 Å². The quantitative estimate of drug-likeness (QED) is 0.403. The van der Waals surface area contributed by atoms with E-state index in [0.29, 0.717) is 41.5 Å². The minimum Gasteiger partial charge on any atom is -0.478 e. The van der Waals surface area contributed by atoms with Crippen LogP contribution >= 0.6 is 11.8 Å². The first-order valence-corrected chi connectivity index (χ1v) is 10.6. The first-order valence-electron chi connectivity index (χ1n) is 9.77. The van der Waals surface area contributed by atoms with Gasteiger partial charge < -0.3 is 14.9 Å². The lowest BCUT2D eigenvalue weighted by molar-refractivity contribution is -0.387. The molecule has 1 N–H and O–H groups in total. The van der Waals surface area contributed by atoms with E-state index in [1.54, 1.807) is 34.1 Å². The second-order valence-corrected chi connectivity index (χ2v) is 8.20. The molecular formula is C22H21N3O6S. The van der Waals surface area contributed by atoms with Crippen LogP contribution in [-0.2, 0) is 9.59 Å². The molecule has 2 aromatic rings. The number of carboxylic acids is 1. The zero-order valence-corrected chi connectivity index (χ0v) is 18.1. The van der Waals surface area contributed by atoms with E-state index >= 15 is 0 Å². The van der Waals surface area contributed by atoms with E-state index in [0.717, 1.165) is 11.8 Å². The van der Waals surface area contributed by atoms with Gasteiger partial charge in [-0.05, 0) is 35.9 Å². The van der Waals surface area contributed by atoms with Gasteiger partial charge in [0.2, 0.25) is 11.8 Å². The Morgan fingerprint density at radius 3 is 2.38 bits per heavy atom. The Morgan fingerprint density at radius 1 is 1.06 bits per heavy atom. The lowest BCUT2D eigenvalue weighted by Gasteiger charge is -2.33.